The van der Waals surface area contributed by atoms with Crippen molar-refractivity contribution in [1.29, 1.82) is 5.26 Å². The van der Waals surface area contributed by atoms with Gasteiger partial charge in [-0.05, 0) is 44.2 Å². The molecule has 6 nitrogen and oxygen atoms in total. The second-order valence-corrected chi connectivity index (χ2v) is 8.58. The van der Waals surface area contributed by atoms with Gasteiger partial charge in [0.1, 0.15) is 16.6 Å². The van der Waals surface area contributed by atoms with Gasteiger partial charge in [-0.2, -0.15) is 10.4 Å². The smallest absolute Gasteiger partial charge is 0.261 e. The minimum absolute atomic E-state index is 0.298. The number of rotatable bonds is 3. The second kappa shape index (κ2) is 7.39. The van der Waals surface area contributed by atoms with Crippen molar-refractivity contribution in [3.05, 3.63) is 69.9 Å². The molecule has 3 aromatic heterocycles. The molecule has 1 N–H and O–H groups in total. The Bertz CT molecular complexity index is 1310. The van der Waals surface area contributed by atoms with E-state index in [1.165, 1.54) is 28.0 Å². The number of carbonyl (C=O) groups excluding carboxylic acids is 1. The summed E-state index contributed by atoms with van der Waals surface area (Å²) in [6, 6.07) is 12.3. The van der Waals surface area contributed by atoms with E-state index in [9.17, 15) is 10.1 Å². The predicted molar refractivity (Wildman–Crippen MR) is 117 cm³/mol. The molecule has 4 aromatic rings. The lowest BCUT2D eigenvalue weighted by Crippen LogP contribution is -2.12. The van der Waals surface area contributed by atoms with Crippen LogP contribution in [-0.2, 0) is 12.8 Å². The van der Waals surface area contributed by atoms with Crippen LogP contribution in [0.4, 0.5) is 5.00 Å². The van der Waals surface area contributed by atoms with Crippen LogP contribution in [0.1, 0.15) is 44.8 Å². The summed E-state index contributed by atoms with van der Waals surface area (Å²) in [6.07, 6.45) is 7.32. The van der Waals surface area contributed by atoms with E-state index >= 15 is 0 Å². The number of carbonyl (C=O) groups is 1. The van der Waals surface area contributed by atoms with Crippen molar-refractivity contribution in [3.8, 4) is 17.3 Å². The lowest BCUT2D eigenvalue weighted by molar-refractivity contribution is 0.102. The first kappa shape index (κ1) is 18.5. The van der Waals surface area contributed by atoms with E-state index in [0.29, 0.717) is 21.8 Å². The van der Waals surface area contributed by atoms with Gasteiger partial charge in [-0.25, -0.2) is 9.50 Å². The first-order valence-corrected chi connectivity index (χ1v) is 10.7. The number of amides is 1. The van der Waals surface area contributed by atoms with E-state index in [4.69, 9.17) is 0 Å². The average molecular weight is 414 g/mol. The lowest BCUT2D eigenvalue weighted by Gasteiger charge is -2.09. The summed E-state index contributed by atoms with van der Waals surface area (Å²) >= 11 is 1.52. The number of aryl methyl sites for hydroxylation is 2. The first-order valence-electron chi connectivity index (χ1n) is 9.91. The lowest BCUT2D eigenvalue weighted by atomic mass is 9.96. The molecule has 7 heteroatoms. The Labute approximate surface area is 177 Å². The van der Waals surface area contributed by atoms with Crippen molar-refractivity contribution in [2.75, 3.05) is 5.32 Å². The van der Waals surface area contributed by atoms with Crippen LogP contribution in [0.25, 0.3) is 16.9 Å². The summed E-state index contributed by atoms with van der Waals surface area (Å²) in [6.45, 7) is 2.04. The van der Waals surface area contributed by atoms with Gasteiger partial charge >= 0.3 is 0 Å². The molecule has 1 aliphatic carbocycles. The standard InChI is InChI=1S/C23H19N5OS/c1-14-6-8-15(9-7-14)19-10-11-25-21-18(13-26-28(19)21)22(29)27-23-17(12-24)16-4-2-3-5-20(16)30-23/h6-11,13H,2-5H2,1H3,(H,27,29). The van der Waals surface area contributed by atoms with Crippen molar-refractivity contribution in [1.82, 2.24) is 14.6 Å². The Morgan fingerprint density at radius 2 is 2.00 bits per heavy atom. The van der Waals surface area contributed by atoms with Gasteiger partial charge in [-0.15, -0.1) is 11.3 Å². The normalized spacial score (nSPS) is 13.1. The van der Waals surface area contributed by atoms with Gasteiger partial charge in [0.25, 0.3) is 5.91 Å². The highest BCUT2D eigenvalue weighted by Crippen LogP contribution is 2.38. The van der Waals surface area contributed by atoms with Crippen molar-refractivity contribution >= 4 is 27.9 Å². The molecule has 0 saturated heterocycles. The fraction of sp³-hybridized carbons (Fsp3) is 0.217. The molecular weight excluding hydrogens is 394 g/mol. The van der Waals surface area contributed by atoms with Crippen LogP contribution in [0.15, 0.2) is 42.7 Å². The highest BCUT2D eigenvalue weighted by atomic mass is 32.1. The third-order valence-corrected chi connectivity index (χ3v) is 6.71. The van der Waals surface area contributed by atoms with Crippen molar-refractivity contribution in [3.63, 3.8) is 0 Å². The maximum absolute atomic E-state index is 13.1. The van der Waals surface area contributed by atoms with Gasteiger partial charge in [0, 0.05) is 16.6 Å². The number of aromatic nitrogens is 3. The third kappa shape index (κ3) is 3.06. The number of hydrogen-bond donors (Lipinski definition) is 1. The Kier molecular flexibility index (Phi) is 4.57. The summed E-state index contributed by atoms with van der Waals surface area (Å²) in [5.41, 5.74) is 5.63. The molecule has 0 unspecified atom stereocenters. The second-order valence-electron chi connectivity index (χ2n) is 7.47. The number of benzene rings is 1. The zero-order chi connectivity index (χ0) is 20.7. The van der Waals surface area contributed by atoms with E-state index in [0.717, 1.165) is 42.5 Å². The van der Waals surface area contributed by atoms with Crippen LogP contribution in [0, 0.1) is 18.3 Å². The fourth-order valence-electron chi connectivity index (χ4n) is 3.94. The number of nitriles is 1. The Morgan fingerprint density at radius 1 is 1.20 bits per heavy atom. The van der Waals surface area contributed by atoms with E-state index in [-0.39, 0.29) is 5.91 Å². The largest absolute Gasteiger partial charge is 0.312 e. The maximum atomic E-state index is 13.1. The quantitative estimate of drug-likeness (QED) is 0.524. The van der Waals surface area contributed by atoms with Gasteiger partial charge < -0.3 is 5.32 Å². The van der Waals surface area contributed by atoms with E-state index in [2.05, 4.69) is 21.5 Å². The Balaban J connectivity index is 1.51. The number of nitrogens with zero attached hydrogens (tertiary/aromatic N) is 4. The number of anilines is 1. The van der Waals surface area contributed by atoms with Crippen LogP contribution in [0.5, 0.6) is 0 Å². The first-order chi connectivity index (χ1) is 14.7. The van der Waals surface area contributed by atoms with Gasteiger partial charge in [0.05, 0.1) is 17.5 Å². The molecule has 0 saturated carbocycles. The van der Waals surface area contributed by atoms with Crippen LogP contribution in [-0.4, -0.2) is 20.5 Å². The van der Waals surface area contributed by atoms with Crippen LogP contribution >= 0.6 is 11.3 Å². The number of thiophene rings is 1. The fourth-order valence-corrected chi connectivity index (χ4v) is 5.17. The van der Waals surface area contributed by atoms with Crippen LogP contribution < -0.4 is 5.32 Å². The summed E-state index contributed by atoms with van der Waals surface area (Å²) in [5, 5.41) is 17.6. The van der Waals surface area contributed by atoms with Crippen LogP contribution in [0.3, 0.4) is 0 Å². The summed E-state index contributed by atoms with van der Waals surface area (Å²) in [4.78, 5) is 18.7. The molecule has 3 heterocycles. The zero-order valence-corrected chi connectivity index (χ0v) is 17.3. The SMILES string of the molecule is Cc1ccc(-c2ccnc3c(C(=O)Nc4sc5c(c4C#N)CCCC5)cnn23)cc1. The van der Waals surface area contributed by atoms with Gasteiger partial charge in [0.2, 0.25) is 0 Å². The molecule has 0 radical (unpaired) electrons. The third-order valence-electron chi connectivity index (χ3n) is 5.50. The molecule has 0 fully saturated rings. The van der Waals surface area contributed by atoms with Crippen LogP contribution in [0.2, 0.25) is 0 Å². The number of fused-ring (bicyclic) bond motifs is 2. The highest BCUT2D eigenvalue weighted by Gasteiger charge is 2.23. The molecule has 0 aliphatic heterocycles. The monoisotopic (exact) mass is 413 g/mol. The van der Waals surface area contributed by atoms with Gasteiger partial charge in [-0.3, -0.25) is 4.79 Å². The summed E-state index contributed by atoms with van der Waals surface area (Å²) in [7, 11) is 0. The molecule has 1 amide bonds. The summed E-state index contributed by atoms with van der Waals surface area (Å²) in [5.74, 6) is -0.298. The van der Waals surface area contributed by atoms with E-state index in [1.54, 1.807) is 10.7 Å². The minimum Gasteiger partial charge on any atom is -0.312 e. The zero-order valence-electron chi connectivity index (χ0n) is 16.5. The molecule has 5 rings (SSSR count). The minimum atomic E-state index is -0.298. The van der Waals surface area contributed by atoms with Crippen molar-refractivity contribution < 1.29 is 4.79 Å². The molecule has 0 bridgehead atoms. The topological polar surface area (TPSA) is 83.1 Å². The summed E-state index contributed by atoms with van der Waals surface area (Å²) < 4.78 is 1.68. The Hall–Kier alpha value is -3.50. The molecule has 1 aliphatic rings. The molecular formula is C23H19N5OS. The van der Waals surface area contributed by atoms with E-state index in [1.807, 2.05) is 37.3 Å². The van der Waals surface area contributed by atoms with Crippen molar-refractivity contribution in [2.45, 2.75) is 32.6 Å². The number of nitrogens with one attached hydrogen (secondary N) is 1. The molecule has 0 spiro atoms. The molecule has 148 valence electrons. The van der Waals surface area contributed by atoms with E-state index < -0.39 is 0 Å². The average Bonchev–Trinajstić information content (AvgIpc) is 3.35. The molecule has 1 aromatic carbocycles. The number of hydrogen-bond acceptors (Lipinski definition) is 5. The molecule has 30 heavy (non-hydrogen) atoms. The Morgan fingerprint density at radius 3 is 2.80 bits per heavy atom. The van der Waals surface area contributed by atoms with Gasteiger partial charge in [-0.1, -0.05) is 29.8 Å². The maximum Gasteiger partial charge on any atom is 0.261 e. The highest BCUT2D eigenvalue weighted by molar-refractivity contribution is 7.16. The van der Waals surface area contributed by atoms with Crippen molar-refractivity contribution in [2.24, 2.45) is 0 Å². The van der Waals surface area contributed by atoms with Gasteiger partial charge in [0.15, 0.2) is 5.65 Å². The predicted octanol–water partition coefficient (Wildman–Crippen LogP) is 4.77. The molecule has 0 atom stereocenters.